The number of hydrogen-bond donors (Lipinski definition) is 2. The first kappa shape index (κ1) is 9.67. The third kappa shape index (κ3) is 2.83. The number of rotatable bonds is 3. The Labute approximate surface area is 74.4 Å². The largest absolute Gasteiger partial charge is 0.481 e. The summed E-state index contributed by atoms with van der Waals surface area (Å²) in [5.41, 5.74) is 0.280. The van der Waals surface area contributed by atoms with Gasteiger partial charge in [0.2, 0.25) is 0 Å². The lowest BCUT2D eigenvalue weighted by molar-refractivity contribution is -0.139. The standard InChI is InChI=1S/C9H9FO3/c10-7-3-1-2-6(4-7)8(11)5-9(12)13/h1-4,8,11H,5H2,(H,12,13)/t8-/m1/s1. The molecule has 0 bridgehead atoms. The van der Waals surface area contributed by atoms with Gasteiger partial charge >= 0.3 is 5.97 Å². The number of aliphatic hydroxyl groups is 1. The maximum Gasteiger partial charge on any atom is 0.306 e. The fourth-order valence-electron chi connectivity index (χ4n) is 0.997. The van der Waals surface area contributed by atoms with Crippen LogP contribution in [0.15, 0.2) is 24.3 Å². The lowest BCUT2D eigenvalue weighted by Crippen LogP contribution is -2.05. The molecule has 1 atom stereocenters. The Morgan fingerprint density at radius 2 is 2.23 bits per heavy atom. The molecule has 2 N–H and O–H groups in total. The molecule has 0 saturated heterocycles. The van der Waals surface area contributed by atoms with Crippen molar-refractivity contribution >= 4 is 5.97 Å². The Hall–Kier alpha value is -1.42. The summed E-state index contributed by atoms with van der Waals surface area (Å²) in [6, 6.07) is 5.26. The summed E-state index contributed by atoms with van der Waals surface area (Å²) in [5.74, 6) is -1.60. The van der Waals surface area contributed by atoms with Crippen LogP contribution in [0.3, 0.4) is 0 Å². The van der Waals surface area contributed by atoms with E-state index in [0.29, 0.717) is 0 Å². The van der Waals surface area contributed by atoms with Crippen LogP contribution in [0.1, 0.15) is 18.1 Å². The summed E-state index contributed by atoms with van der Waals surface area (Å²) in [5, 5.41) is 17.6. The highest BCUT2D eigenvalue weighted by molar-refractivity contribution is 5.67. The van der Waals surface area contributed by atoms with E-state index < -0.39 is 24.3 Å². The Balaban J connectivity index is 2.76. The zero-order valence-electron chi connectivity index (χ0n) is 6.77. The molecule has 0 aliphatic rings. The predicted molar refractivity (Wildman–Crippen MR) is 43.6 cm³/mol. The van der Waals surface area contributed by atoms with Crippen LogP contribution in [-0.4, -0.2) is 16.2 Å². The van der Waals surface area contributed by atoms with E-state index in [1.807, 2.05) is 0 Å². The van der Waals surface area contributed by atoms with Crippen molar-refractivity contribution < 1.29 is 19.4 Å². The number of hydrogen-bond acceptors (Lipinski definition) is 2. The number of aliphatic hydroxyl groups excluding tert-OH is 1. The van der Waals surface area contributed by atoms with Gasteiger partial charge in [-0.3, -0.25) is 4.79 Å². The Kier molecular flexibility index (Phi) is 2.97. The van der Waals surface area contributed by atoms with Gasteiger partial charge in [-0.15, -0.1) is 0 Å². The number of aliphatic carboxylic acids is 1. The fourth-order valence-corrected chi connectivity index (χ4v) is 0.997. The van der Waals surface area contributed by atoms with E-state index in [4.69, 9.17) is 5.11 Å². The summed E-state index contributed by atoms with van der Waals surface area (Å²) in [7, 11) is 0. The predicted octanol–water partition coefficient (Wildman–Crippen LogP) is 1.33. The van der Waals surface area contributed by atoms with Gasteiger partial charge in [0.1, 0.15) is 5.82 Å². The van der Waals surface area contributed by atoms with E-state index in [9.17, 15) is 14.3 Å². The molecule has 0 radical (unpaired) electrons. The molecule has 3 nitrogen and oxygen atoms in total. The molecule has 0 aliphatic heterocycles. The van der Waals surface area contributed by atoms with Gasteiger partial charge in [-0.25, -0.2) is 4.39 Å². The van der Waals surface area contributed by atoms with Crippen molar-refractivity contribution in [1.82, 2.24) is 0 Å². The lowest BCUT2D eigenvalue weighted by Gasteiger charge is -2.07. The molecule has 1 rings (SSSR count). The number of benzene rings is 1. The van der Waals surface area contributed by atoms with Crippen LogP contribution in [0, 0.1) is 5.82 Å². The second-order valence-electron chi connectivity index (χ2n) is 2.67. The fraction of sp³-hybridized carbons (Fsp3) is 0.222. The molecule has 1 aromatic carbocycles. The molecule has 0 spiro atoms. The van der Waals surface area contributed by atoms with E-state index >= 15 is 0 Å². The highest BCUT2D eigenvalue weighted by Gasteiger charge is 2.11. The van der Waals surface area contributed by atoms with Gasteiger partial charge in [0, 0.05) is 0 Å². The third-order valence-electron chi connectivity index (χ3n) is 1.60. The average molecular weight is 184 g/mol. The minimum atomic E-state index is -1.15. The van der Waals surface area contributed by atoms with Crippen LogP contribution < -0.4 is 0 Å². The maximum absolute atomic E-state index is 12.6. The Morgan fingerprint density at radius 3 is 2.77 bits per heavy atom. The topological polar surface area (TPSA) is 57.5 Å². The van der Waals surface area contributed by atoms with Crippen molar-refractivity contribution in [2.24, 2.45) is 0 Å². The molecule has 4 heteroatoms. The Bertz CT molecular complexity index is 311. The molecule has 0 unspecified atom stereocenters. The molecule has 0 amide bonds. The molecular formula is C9H9FO3. The highest BCUT2D eigenvalue weighted by Crippen LogP contribution is 2.16. The molecule has 1 aromatic rings. The second-order valence-corrected chi connectivity index (χ2v) is 2.67. The van der Waals surface area contributed by atoms with E-state index in [2.05, 4.69) is 0 Å². The number of carbonyl (C=O) groups is 1. The van der Waals surface area contributed by atoms with Gasteiger partial charge in [-0.1, -0.05) is 12.1 Å². The van der Waals surface area contributed by atoms with E-state index in [0.717, 1.165) is 6.07 Å². The number of halogens is 1. The molecule has 70 valence electrons. The van der Waals surface area contributed by atoms with Crippen LogP contribution >= 0.6 is 0 Å². The lowest BCUT2D eigenvalue weighted by atomic mass is 10.1. The van der Waals surface area contributed by atoms with Gasteiger partial charge in [0.05, 0.1) is 12.5 Å². The van der Waals surface area contributed by atoms with Crippen molar-refractivity contribution in [2.45, 2.75) is 12.5 Å². The van der Waals surface area contributed by atoms with Crippen LogP contribution in [0.25, 0.3) is 0 Å². The van der Waals surface area contributed by atoms with Crippen LogP contribution in [0.4, 0.5) is 4.39 Å². The van der Waals surface area contributed by atoms with Crippen molar-refractivity contribution in [3.8, 4) is 0 Å². The van der Waals surface area contributed by atoms with Crippen LogP contribution in [0.5, 0.6) is 0 Å². The van der Waals surface area contributed by atoms with E-state index in [1.54, 1.807) is 0 Å². The summed E-state index contributed by atoms with van der Waals surface area (Å²) in [6.07, 6.45) is -1.56. The monoisotopic (exact) mass is 184 g/mol. The van der Waals surface area contributed by atoms with Crippen molar-refractivity contribution in [1.29, 1.82) is 0 Å². The first-order chi connectivity index (χ1) is 6.09. The molecule has 0 heterocycles. The van der Waals surface area contributed by atoms with Gasteiger partial charge in [-0.2, -0.15) is 0 Å². The molecule has 0 fully saturated rings. The number of carboxylic acids is 1. The summed E-state index contributed by atoms with van der Waals surface area (Å²) >= 11 is 0. The van der Waals surface area contributed by atoms with Gasteiger partial charge in [-0.05, 0) is 17.7 Å². The van der Waals surface area contributed by atoms with E-state index in [-0.39, 0.29) is 5.56 Å². The molecule has 13 heavy (non-hydrogen) atoms. The molecule has 0 aliphatic carbocycles. The quantitative estimate of drug-likeness (QED) is 0.745. The minimum Gasteiger partial charge on any atom is -0.481 e. The van der Waals surface area contributed by atoms with E-state index in [1.165, 1.54) is 18.2 Å². The summed E-state index contributed by atoms with van der Waals surface area (Å²) < 4.78 is 12.6. The normalized spacial score (nSPS) is 12.5. The maximum atomic E-state index is 12.6. The van der Waals surface area contributed by atoms with Crippen LogP contribution in [-0.2, 0) is 4.79 Å². The highest BCUT2D eigenvalue weighted by atomic mass is 19.1. The minimum absolute atomic E-state index is 0.280. The molecule has 0 aromatic heterocycles. The molecule has 0 saturated carbocycles. The van der Waals surface area contributed by atoms with Crippen molar-refractivity contribution in [3.63, 3.8) is 0 Å². The smallest absolute Gasteiger partial charge is 0.306 e. The van der Waals surface area contributed by atoms with Gasteiger partial charge < -0.3 is 10.2 Å². The number of carboxylic acid groups (broad SMARTS) is 1. The Morgan fingerprint density at radius 1 is 1.54 bits per heavy atom. The zero-order chi connectivity index (χ0) is 9.84. The second kappa shape index (κ2) is 4.00. The third-order valence-corrected chi connectivity index (χ3v) is 1.60. The van der Waals surface area contributed by atoms with Crippen LogP contribution in [0.2, 0.25) is 0 Å². The first-order valence-corrected chi connectivity index (χ1v) is 3.75. The summed E-state index contributed by atoms with van der Waals surface area (Å²) in [4.78, 5) is 10.2. The first-order valence-electron chi connectivity index (χ1n) is 3.75. The SMILES string of the molecule is O=C(O)C[C@@H](O)c1cccc(F)c1. The molecular weight excluding hydrogens is 175 g/mol. The average Bonchev–Trinajstić information content (AvgIpc) is 2.03. The van der Waals surface area contributed by atoms with Gasteiger partial charge in [0.15, 0.2) is 0 Å². The zero-order valence-corrected chi connectivity index (χ0v) is 6.77. The van der Waals surface area contributed by atoms with Crippen molar-refractivity contribution in [3.05, 3.63) is 35.6 Å². The van der Waals surface area contributed by atoms with Crippen molar-refractivity contribution in [2.75, 3.05) is 0 Å². The van der Waals surface area contributed by atoms with Gasteiger partial charge in [0.25, 0.3) is 0 Å². The summed E-state index contributed by atoms with van der Waals surface area (Å²) in [6.45, 7) is 0.